The summed E-state index contributed by atoms with van der Waals surface area (Å²) in [5.74, 6) is 0. The molecule has 18 heavy (non-hydrogen) atoms. The lowest BCUT2D eigenvalue weighted by Gasteiger charge is -2.19. The normalized spacial score (nSPS) is 11.0. The molecule has 1 aromatic carbocycles. The number of benzene rings is 1. The van der Waals surface area contributed by atoms with E-state index >= 15 is 0 Å². The minimum Gasteiger partial charge on any atom is -0.348 e. The third-order valence-corrected chi connectivity index (χ3v) is 4.31. The predicted octanol–water partition coefficient (Wildman–Crippen LogP) is 4.70. The molecular formula is C15H22N2S. The molecule has 0 atom stereocenters. The largest absolute Gasteiger partial charge is 0.348 e. The number of hydrogen-bond acceptors (Lipinski definition) is 3. The summed E-state index contributed by atoms with van der Waals surface area (Å²) >= 11 is 1.81. The van der Waals surface area contributed by atoms with Crippen LogP contribution in [0.3, 0.4) is 0 Å². The molecule has 0 saturated carbocycles. The van der Waals surface area contributed by atoms with Crippen molar-refractivity contribution < 1.29 is 0 Å². The van der Waals surface area contributed by atoms with Gasteiger partial charge >= 0.3 is 0 Å². The number of aromatic nitrogens is 1. The highest BCUT2D eigenvalue weighted by Crippen LogP contribution is 2.28. The third-order valence-electron chi connectivity index (χ3n) is 3.22. The molecule has 0 bridgehead atoms. The number of hydrogen-bond donors (Lipinski definition) is 0. The first-order valence-corrected chi connectivity index (χ1v) is 7.77. The highest BCUT2D eigenvalue weighted by Gasteiger charge is 2.09. The fourth-order valence-corrected chi connectivity index (χ4v) is 3.17. The van der Waals surface area contributed by atoms with Gasteiger partial charge in [-0.3, -0.25) is 0 Å². The molecule has 0 radical (unpaired) electrons. The minimum atomic E-state index is 1.05. The second-order valence-corrected chi connectivity index (χ2v) is 5.61. The first kappa shape index (κ1) is 13.3. The molecule has 98 valence electrons. The Kier molecular flexibility index (Phi) is 5.00. The van der Waals surface area contributed by atoms with E-state index in [0.29, 0.717) is 0 Å². The molecule has 3 heteroatoms. The van der Waals surface area contributed by atoms with Crippen LogP contribution in [-0.4, -0.2) is 18.1 Å². The Labute approximate surface area is 114 Å². The molecule has 0 spiro atoms. The molecule has 0 saturated heterocycles. The molecular weight excluding hydrogens is 240 g/mol. The molecule has 0 amide bonds. The van der Waals surface area contributed by atoms with Crippen LogP contribution < -0.4 is 4.90 Å². The van der Waals surface area contributed by atoms with Crippen LogP contribution in [0.4, 0.5) is 5.13 Å². The maximum atomic E-state index is 4.73. The zero-order valence-corrected chi connectivity index (χ0v) is 12.2. The summed E-state index contributed by atoms with van der Waals surface area (Å²) in [6.45, 7) is 6.65. The zero-order valence-electron chi connectivity index (χ0n) is 11.4. The number of anilines is 1. The number of nitrogens with zero attached hydrogens (tertiary/aromatic N) is 2. The second-order valence-electron chi connectivity index (χ2n) is 4.60. The van der Waals surface area contributed by atoms with Gasteiger partial charge in [0, 0.05) is 13.1 Å². The Morgan fingerprint density at radius 1 is 1.11 bits per heavy atom. The van der Waals surface area contributed by atoms with Crippen molar-refractivity contribution >= 4 is 26.7 Å². The summed E-state index contributed by atoms with van der Waals surface area (Å²) < 4.78 is 1.29. The Bertz CT molecular complexity index is 445. The molecule has 0 fully saturated rings. The first-order valence-electron chi connectivity index (χ1n) is 6.95. The van der Waals surface area contributed by atoms with E-state index in [2.05, 4.69) is 43.0 Å². The van der Waals surface area contributed by atoms with Crippen LogP contribution in [0.1, 0.15) is 39.5 Å². The molecule has 1 aromatic heterocycles. The number of rotatable bonds is 7. The van der Waals surface area contributed by atoms with Crippen molar-refractivity contribution in [3.8, 4) is 0 Å². The van der Waals surface area contributed by atoms with Gasteiger partial charge in [0.15, 0.2) is 5.13 Å². The summed E-state index contributed by atoms with van der Waals surface area (Å²) in [6, 6.07) is 8.40. The average Bonchev–Trinajstić information content (AvgIpc) is 2.82. The minimum absolute atomic E-state index is 1.05. The lowest BCUT2D eigenvalue weighted by atomic mass is 10.2. The van der Waals surface area contributed by atoms with Crippen molar-refractivity contribution in [2.75, 3.05) is 18.0 Å². The standard InChI is InChI=1S/C15H22N2S/c1-3-5-6-9-12-17(4-2)15-16-13-10-7-8-11-14(13)18-15/h7-8,10-11H,3-6,9,12H2,1-2H3. The van der Waals surface area contributed by atoms with E-state index in [1.807, 2.05) is 11.3 Å². The molecule has 2 nitrogen and oxygen atoms in total. The van der Waals surface area contributed by atoms with Crippen molar-refractivity contribution in [1.29, 1.82) is 0 Å². The van der Waals surface area contributed by atoms with Crippen molar-refractivity contribution in [2.45, 2.75) is 39.5 Å². The topological polar surface area (TPSA) is 16.1 Å². The molecule has 0 aliphatic heterocycles. The molecule has 0 N–H and O–H groups in total. The first-order chi connectivity index (χ1) is 8.85. The number of fused-ring (bicyclic) bond motifs is 1. The monoisotopic (exact) mass is 262 g/mol. The zero-order chi connectivity index (χ0) is 12.8. The quantitative estimate of drug-likeness (QED) is 0.672. The fraction of sp³-hybridized carbons (Fsp3) is 0.533. The molecule has 0 aliphatic carbocycles. The van der Waals surface area contributed by atoms with Crippen molar-refractivity contribution in [3.63, 3.8) is 0 Å². The van der Waals surface area contributed by atoms with E-state index < -0.39 is 0 Å². The lowest BCUT2D eigenvalue weighted by Crippen LogP contribution is -2.23. The summed E-state index contributed by atoms with van der Waals surface area (Å²) in [4.78, 5) is 7.13. The Balaban J connectivity index is 2.02. The van der Waals surface area contributed by atoms with Gasteiger partial charge in [-0.05, 0) is 25.5 Å². The molecule has 2 rings (SSSR count). The molecule has 0 unspecified atom stereocenters. The number of unbranched alkanes of at least 4 members (excludes halogenated alkanes) is 3. The third kappa shape index (κ3) is 3.22. The van der Waals surface area contributed by atoms with E-state index in [1.54, 1.807) is 0 Å². The van der Waals surface area contributed by atoms with E-state index in [-0.39, 0.29) is 0 Å². The Morgan fingerprint density at radius 3 is 2.67 bits per heavy atom. The second kappa shape index (κ2) is 6.74. The van der Waals surface area contributed by atoms with Crippen molar-refractivity contribution in [2.24, 2.45) is 0 Å². The predicted molar refractivity (Wildman–Crippen MR) is 81.6 cm³/mol. The average molecular weight is 262 g/mol. The van der Waals surface area contributed by atoms with Gasteiger partial charge in [0.25, 0.3) is 0 Å². The fourth-order valence-electron chi connectivity index (χ4n) is 2.11. The van der Waals surface area contributed by atoms with Crippen molar-refractivity contribution in [3.05, 3.63) is 24.3 Å². The van der Waals surface area contributed by atoms with Gasteiger partial charge in [-0.15, -0.1) is 0 Å². The van der Waals surface area contributed by atoms with E-state index in [0.717, 1.165) is 18.6 Å². The van der Waals surface area contributed by atoms with Crippen LogP contribution in [0, 0.1) is 0 Å². The Hall–Kier alpha value is -1.09. The van der Waals surface area contributed by atoms with Gasteiger partial charge in [0.2, 0.25) is 0 Å². The summed E-state index contributed by atoms with van der Waals surface area (Å²) in [7, 11) is 0. The van der Waals surface area contributed by atoms with Crippen LogP contribution in [0.25, 0.3) is 10.2 Å². The smallest absolute Gasteiger partial charge is 0.186 e. The van der Waals surface area contributed by atoms with Gasteiger partial charge in [-0.1, -0.05) is 49.7 Å². The van der Waals surface area contributed by atoms with Crippen LogP contribution in [0.5, 0.6) is 0 Å². The van der Waals surface area contributed by atoms with Gasteiger partial charge in [-0.2, -0.15) is 0 Å². The Morgan fingerprint density at radius 2 is 1.94 bits per heavy atom. The summed E-state index contributed by atoms with van der Waals surface area (Å²) in [5, 5.41) is 1.18. The maximum Gasteiger partial charge on any atom is 0.186 e. The number of thiazole rings is 1. The van der Waals surface area contributed by atoms with Crippen LogP contribution >= 0.6 is 11.3 Å². The van der Waals surface area contributed by atoms with E-state index in [4.69, 9.17) is 4.98 Å². The maximum absolute atomic E-state index is 4.73. The van der Waals surface area contributed by atoms with Crippen LogP contribution in [0.2, 0.25) is 0 Å². The molecule has 2 aromatic rings. The van der Waals surface area contributed by atoms with E-state index in [9.17, 15) is 0 Å². The highest BCUT2D eigenvalue weighted by atomic mass is 32.1. The van der Waals surface area contributed by atoms with Gasteiger partial charge in [0.1, 0.15) is 0 Å². The van der Waals surface area contributed by atoms with Crippen LogP contribution in [-0.2, 0) is 0 Å². The number of para-hydroxylation sites is 1. The SMILES string of the molecule is CCCCCCN(CC)c1nc2ccccc2s1. The van der Waals surface area contributed by atoms with Gasteiger partial charge in [0.05, 0.1) is 10.2 Å². The van der Waals surface area contributed by atoms with Gasteiger partial charge < -0.3 is 4.90 Å². The molecule has 0 aliphatic rings. The van der Waals surface area contributed by atoms with Crippen LogP contribution in [0.15, 0.2) is 24.3 Å². The summed E-state index contributed by atoms with van der Waals surface area (Å²) in [5.41, 5.74) is 1.13. The van der Waals surface area contributed by atoms with Gasteiger partial charge in [-0.25, -0.2) is 4.98 Å². The summed E-state index contributed by atoms with van der Waals surface area (Å²) in [6.07, 6.45) is 5.25. The highest BCUT2D eigenvalue weighted by molar-refractivity contribution is 7.22. The lowest BCUT2D eigenvalue weighted by molar-refractivity contribution is 0.648. The molecule has 1 heterocycles. The van der Waals surface area contributed by atoms with E-state index in [1.165, 1.54) is 35.5 Å². The van der Waals surface area contributed by atoms with Crippen molar-refractivity contribution in [1.82, 2.24) is 4.98 Å².